The van der Waals surface area contributed by atoms with E-state index >= 15 is 0 Å². The van der Waals surface area contributed by atoms with Gasteiger partial charge < -0.3 is 10.5 Å². The predicted molar refractivity (Wildman–Crippen MR) is 65.0 cm³/mol. The molecule has 3 heteroatoms. The van der Waals surface area contributed by atoms with Gasteiger partial charge in [0.15, 0.2) is 0 Å². The molecule has 0 aliphatic heterocycles. The lowest BCUT2D eigenvalue weighted by atomic mass is 10.2. The first-order valence-corrected chi connectivity index (χ1v) is 5.74. The van der Waals surface area contributed by atoms with E-state index in [2.05, 4.69) is 6.92 Å². The van der Waals surface area contributed by atoms with E-state index in [4.69, 9.17) is 22.1 Å². The summed E-state index contributed by atoms with van der Waals surface area (Å²) < 4.78 is 5.52. The molecule has 0 amide bonds. The summed E-state index contributed by atoms with van der Waals surface area (Å²) in [4.78, 5) is 0. The maximum absolute atomic E-state index is 6.01. The molecule has 15 heavy (non-hydrogen) atoms. The van der Waals surface area contributed by atoms with Crippen LogP contribution in [0.25, 0.3) is 0 Å². The molecule has 1 aromatic rings. The minimum Gasteiger partial charge on any atom is -0.398 e. The Bertz CT molecular complexity index is 281. The van der Waals surface area contributed by atoms with Gasteiger partial charge in [0.2, 0.25) is 0 Å². The van der Waals surface area contributed by atoms with Crippen LogP contribution in [0.1, 0.15) is 31.7 Å². The van der Waals surface area contributed by atoms with E-state index in [0.29, 0.717) is 17.3 Å². The van der Waals surface area contributed by atoms with E-state index < -0.39 is 0 Å². The van der Waals surface area contributed by atoms with E-state index in [0.717, 1.165) is 18.6 Å². The molecule has 0 fully saturated rings. The normalized spacial score (nSPS) is 10.5. The molecule has 0 saturated carbocycles. The molecule has 0 saturated heterocycles. The van der Waals surface area contributed by atoms with Gasteiger partial charge >= 0.3 is 0 Å². The van der Waals surface area contributed by atoms with E-state index in [9.17, 15) is 0 Å². The van der Waals surface area contributed by atoms with Gasteiger partial charge in [0.1, 0.15) is 0 Å². The average molecular weight is 228 g/mol. The van der Waals surface area contributed by atoms with Crippen LogP contribution in [0.2, 0.25) is 5.02 Å². The minimum atomic E-state index is 0.509. The Kier molecular flexibility index (Phi) is 5.51. The van der Waals surface area contributed by atoms with E-state index in [-0.39, 0.29) is 0 Å². The average Bonchev–Trinajstić information content (AvgIpc) is 2.21. The van der Waals surface area contributed by atoms with E-state index in [1.807, 2.05) is 18.2 Å². The molecule has 84 valence electrons. The monoisotopic (exact) mass is 227 g/mol. The molecule has 2 nitrogen and oxygen atoms in total. The highest BCUT2D eigenvalue weighted by Gasteiger charge is 2.03. The second-order valence-corrected chi connectivity index (χ2v) is 3.97. The molecule has 0 aliphatic rings. The molecule has 2 N–H and O–H groups in total. The molecule has 0 bridgehead atoms. The number of halogens is 1. The van der Waals surface area contributed by atoms with Crippen molar-refractivity contribution in [2.45, 2.75) is 32.8 Å². The van der Waals surface area contributed by atoms with Crippen LogP contribution >= 0.6 is 11.6 Å². The number of benzene rings is 1. The Balaban J connectivity index is 2.37. The number of hydrogen-bond donors (Lipinski definition) is 1. The Hall–Kier alpha value is -0.730. The lowest BCUT2D eigenvalue weighted by molar-refractivity contribution is 0.117. The summed E-state index contributed by atoms with van der Waals surface area (Å²) in [5.41, 5.74) is 7.40. The molecule has 1 rings (SSSR count). The Morgan fingerprint density at radius 1 is 1.33 bits per heavy atom. The van der Waals surface area contributed by atoms with Crippen LogP contribution in [0, 0.1) is 0 Å². The van der Waals surface area contributed by atoms with Gasteiger partial charge in [-0.2, -0.15) is 0 Å². The number of nitrogens with two attached hydrogens (primary N) is 1. The smallest absolute Gasteiger partial charge is 0.0751 e. The van der Waals surface area contributed by atoms with Gasteiger partial charge in [0.05, 0.1) is 6.61 Å². The summed E-state index contributed by atoms with van der Waals surface area (Å²) in [7, 11) is 0. The first-order chi connectivity index (χ1) is 7.25. The van der Waals surface area contributed by atoms with Gasteiger partial charge in [-0.15, -0.1) is 0 Å². The number of ether oxygens (including phenoxy) is 1. The third-order valence-corrected chi connectivity index (χ3v) is 2.65. The molecule has 0 spiro atoms. The first kappa shape index (κ1) is 12.3. The number of hydrogen-bond acceptors (Lipinski definition) is 2. The third-order valence-electron chi connectivity index (χ3n) is 2.29. The van der Waals surface area contributed by atoms with Crippen molar-refractivity contribution in [3.8, 4) is 0 Å². The van der Waals surface area contributed by atoms with Crippen LogP contribution in [0.3, 0.4) is 0 Å². The Labute approximate surface area is 96.4 Å². The number of nitrogen functional groups attached to an aromatic ring is 1. The third kappa shape index (κ3) is 4.10. The van der Waals surface area contributed by atoms with Gasteiger partial charge in [-0.1, -0.05) is 37.4 Å². The van der Waals surface area contributed by atoms with E-state index in [1.54, 1.807) is 0 Å². The zero-order valence-electron chi connectivity index (χ0n) is 9.13. The predicted octanol–water partition coefficient (Wildman–Crippen LogP) is 3.63. The van der Waals surface area contributed by atoms with Crippen molar-refractivity contribution in [1.82, 2.24) is 0 Å². The van der Waals surface area contributed by atoms with Crippen molar-refractivity contribution in [2.75, 3.05) is 12.3 Å². The van der Waals surface area contributed by atoms with E-state index in [1.165, 1.54) is 12.8 Å². The molecule has 0 atom stereocenters. The molecule has 0 aliphatic carbocycles. The van der Waals surface area contributed by atoms with Crippen molar-refractivity contribution in [3.63, 3.8) is 0 Å². The molecular weight excluding hydrogens is 210 g/mol. The van der Waals surface area contributed by atoms with Crippen molar-refractivity contribution in [2.24, 2.45) is 0 Å². The number of rotatable bonds is 6. The van der Waals surface area contributed by atoms with Crippen LogP contribution in [-0.2, 0) is 11.3 Å². The Morgan fingerprint density at radius 2 is 2.13 bits per heavy atom. The minimum absolute atomic E-state index is 0.509. The second-order valence-electron chi connectivity index (χ2n) is 3.57. The fourth-order valence-corrected chi connectivity index (χ4v) is 1.59. The van der Waals surface area contributed by atoms with Gasteiger partial charge in [-0.05, 0) is 18.6 Å². The van der Waals surface area contributed by atoms with Crippen LogP contribution in [0.5, 0.6) is 0 Å². The fraction of sp³-hybridized carbons (Fsp3) is 0.500. The molecule has 1 aromatic carbocycles. The highest BCUT2D eigenvalue weighted by molar-refractivity contribution is 6.31. The van der Waals surface area contributed by atoms with Gasteiger partial charge in [-0.25, -0.2) is 0 Å². The first-order valence-electron chi connectivity index (χ1n) is 5.36. The van der Waals surface area contributed by atoms with Crippen LogP contribution in [0.4, 0.5) is 5.69 Å². The summed E-state index contributed by atoms with van der Waals surface area (Å²) in [6, 6.07) is 5.53. The second kappa shape index (κ2) is 6.70. The Morgan fingerprint density at radius 3 is 2.80 bits per heavy atom. The largest absolute Gasteiger partial charge is 0.398 e. The summed E-state index contributed by atoms with van der Waals surface area (Å²) >= 11 is 6.01. The SMILES string of the molecule is CCCCCOCc1c(N)cccc1Cl. The molecule has 0 aromatic heterocycles. The molecular formula is C12H18ClNO. The van der Waals surface area contributed by atoms with Crippen molar-refractivity contribution in [1.29, 1.82) is 0 Å². The highest BCUT2D eigenvalue weighted by atomic mass is 35.5. The lowest BCUT2D eigenvalue weighted by Crippen LogP contribution is -2.00. The van der Waals surface area contributed by atoms with Crippen LogP contribution in [-0.4, -0.2) is 6.61 Å². The standard InChI is InChI=1S/C12H18ClNO/c1-2-3-4-8-15-9-10-11(13)6-5-7-12(10)14/h5-7H,2-4,8-9,14H2,1H3. The van der Waals surface area contributed by atoms with Crippen molar-refractivity contribution < 1.29 is 4.74 Å². The van der Waals surface area contributed by atoms with Crippen molar-refractivity contribution in [3.05, 3.63) is 28.8 Å². The topological polar surface area (TPSA) is 35.2 Å². The van der Waals surface area contributed by atoms with Crippen LogP contribution < -0.4 is 5.73 Å². The maximum atomic E-state index is 6.01. The summed E-state index contributed by atoms with van der Waals surface area (Å²) in [5, 5.41) is 0.686. The molecule has 0 radical (unpaired) electrons. The molecule has 0 heterocycles. The van der Waals surface area contributed by atoms with Gasteiger partial charge in [-0.3, -0.25) is 0 Å². The summed E-state index contributed by atoms with van der Waals surface area (Å²) in [6.07, 6.45) is 3.51. The zero-order valence-corrected chi connectivity index (χ0v) is 9.89. The maximum Gasteiger partial charge on any atom is 0.0751 e. The van der Waals surface area contributed by atoms with Crippen molar-refractivity contribution >= 4 is 17.3 Å². The fourth-order valence-electron chi connectivity index (χ4n) is 1.36. The molecule has 0 unspecified atom stereocenters. The summed E-state index contributed by atoms with van der Waals surface area (Å²) in [6.45, 7) is 3.46. The highest BCUT2D eigenvalue weighted by Crippen LogP contribution is 2.22. The zero-order chi connectivity index (χ0) is 11.1. The van der Waals surface area contributed by atoms with Gasteiger partial charge in [0, 0.05) is 22.9 Å². The number of anilines is 1. The van der Waals surface area contributed by atoms with Gasteiger partial charge in [0.25, 0.3) is 0 Å². The summed E-state index contributed by atoms with van der Waals surface area (Å²) in [5.74, 6) is 0. The lowest BCUT2D eigenvalue weighted by Gasteiger charge is -2.08. The quantitative estimate of drug-likeness (QED) is 0.595. The van der Waals surface area contributed by atoms with Crippen LogP contribution in [0.15, 0.2) is 18.2 Å². The number of unbranched alkanes of at least 4 members (excludes halogenated alkanes) is 2.